The second-order valence-electron chi connectivity index (χ2n) is 4.34. The number of morpholine rings is 1. The van der Waals surface area contributed by atoms with Crippen LogP contribution < -0.4 is 5.32 Å². The van der Waals surface area contributed by atoms with E-state index in [-0.39, 0.29) is 12.3 Å². The topological polar surface area (TPSA) is 67.6 Å². The zero-order chi connectivity index (χ0) is 12.8. The zero-order valence-electron chi connectivity index (χ0n) is 10.6. The van der Waals surface area contributed by atoms with Crippen LogP contribution in [-0.2, 0) is 16.0 Å². The molecule has 0 saturated carbocycles. The Bertz CT molecular complexity index is 386. The van der Waals surface area contributed by atoms with Gasteiger partial charge in [-0.2, -0.15) is 0 Å². The van der Waals surface area contributed by atoms with Crippen molar-refractivity contribution in [2.24, 2.45) is 0 Å². The van der Waals surface area contributed by atoms with Gasteiger partial charge in [-0.3, -0.25) is 9.69 Å². The Balaban J connectivity index is 1.64. The minimum atomic E-state index is -0.0249. The quantitative estimate of drug-likeness (QED) is 0.798. The fourth-order valence-corrected chi connectivity index (χ4v) is 1.88. The van der Waals surface area contributed by atoms with Crippen LogP contribution >= 0.6 is 0 Å². The summed E-state index contributed by atoms with van der Waals surface area (Å²) in [6.45, 7) is 6.81. The number of rotatable bonds is 5. The normalized spacial score (nSPS) is 16.7. The molecule has 1 amide bonds. The first-order valence-electron chi connectivity index (χ1n) is 6.21. The van der Waals surface area contributed by atoms with Crippen LogP contribution in [0.1, 0.15) is 11.5 Å². The van der Waals surface area contributed by atoms with E-state index in [0.717, 1.165) is 38.5 Å². The highest BCUT2D eigenvalue weighted by Crippen LogP contribution is 2.05. The molecule has 2 rings (SSSR count). The first-order valence-corrected chi connectivity index (χ1v) is 6.21. The Kier molecular flexibility index (Phi) is 4.72. The lowest BCUT2D eigenvalue weighted by Crippen LogP contribution is -2.41. The lowest BCUT2D eigenvalue weighted by molar-refractivity contribution is -0.120. The molecule has 1 fully saturated rings. The van der Waals surface area contributed by atoms with Gasteiger partial charge in [-0.15, -0.1) is 0 Å². The van der Waals surface area contributed by atoms with Gasteiger partial charge in [-0.25, -0.2) is 4.98 Å². The van der Waals surface area contributed by atoms with Crippen molar-refractivity contribution in [1.82, 2.24) is 15.2 Å². The van der Waals surface area contributed by atoms with E-state index in [1.807, 2.05) is 6.92 Å². The number of hydrogen-bond donors (Lipinski definition) is 1. The van der Waals surface area contributed by atoms with Crippen LogP contribution in [0, 0.1) is 6.92 Å². The standard InChI is InChI=1S/C12H19N3O3/c1-10-11(18-9-14-10)8-12(16)13-2-3-15-4-6-17-7-5-15/h9H,2-8H2,1H3,(H,13,16). The van der Waals surface area contributed by atoms with Crippen LogP contribution in [-0.4, -0.2) is 55.2 Å². The summed E-state index contributed by atoms with van der Waals surface area (Å²) in [5.74, 6) is 0.613. The molecule has 6 heteroatoms. The van der Waals surface area contributed by atoms with Crippen LogP contribution in [0.25, 0.3) is 0 Å². The van der Waals surface area contributed by atoms with Crippen molar-refractivity contribution in [1.29, 1.82) is 0 Å². The van der Waals surface area contributed by atoms with Crippen LogP contribution in [0.4, 0.5) is 0 Å². The van der Waals surface area contributed by atoms with E-state index < -0.39 is 0 Å². The maximum absolute atomic E-state index is 11.7. The van der Waals surface area contributed by atoms with Crippen LogP contribution in [0.3, 0.4) is 0 Å². The molecule has 0 aromatic carbocycles. The molecule has 1 N–H and O–H groups in total. The summed E-state index contributed by atoms with van der Waals surface area (Å²) in [5, 5.41) is 2.89. The molecule has 0 spiro atoms. The average molecular weight is 253 g/mol. The van der Waals surface area contributed by atoms with Gasteiger partial charge in [-0.1, -0.05) is 0 Å². The summed E-state index contributed by atoms with van der Waals surface area (Å²) in [6.07, 6.45) is 1.63. The third kappa shape index (κ3) is 3.82. The molecule has 0 unspecified atom stereocenters. The minimum Gasteiger partial charge on any atom is -0.448 e. The number of amides is 1. The highest BCUT2D eigenvalue weighted by atomic mass is 16.5. The van der Waals surface area contributed by atoms with Crippen molar-refractivity contribution in [3.63, 3.8) is 0 Å². The lowest BCUT2D eigenvalue weighted by Gasteiger charge is -2.26. The Morgan fingerprint density at radius 1 is 1.50 bits per heavy atom. The van der Waals surface area contributed by atoms with Gasteiger partial charge in [0.25, 0.3) is 0 Å². The van der Waals surface area contributed by atoms with E-state index >= 15 is 0 Å². The first-order chi connectivity index (χ1) is 8.75. The van der Waals surface area contributed by atoms with Crippen molar-refractivity contribution in [3.05, 3.63) is 17.8 Å². The van der Waals surface area contributed by atoms with Gasteiger partial charge in [-0.05, 0) is 6.92 Å². The number of nitrogens with zero attached hydrogens (tertiary/aromatic N) is 2. The van der Waals surface area contributed by atoms with Crippen molar-refractivity contribution in [2.75, 3.05) is 39.4 Å². The molecule has 1 aliphatic heterocycles. The van der Waals surface area contributed by atoms with Gasteiger partial charge in [0.1, 0.15) is 5.76 Å². The molecule has 0 atom stereocenters. The van der Waals surface area contributed by atoms with E-state index in [9.17, 15) is 4.79 Å². The molecule has 100 valence electrons. The summed E-state index contributed by atoms with van der Waals surface area (Å²) < 4.78 is 10.4. The largest absolute Gasteiger partial charge is 0.448 e. The molecule has 1 aromatic heterocycles. The van der Waals surface area contributed by atoms with Crippen molar-refractivity contribution < 1.29 is 13.9 Å². The van der Waals surface area contributed by atoms with E-state index in [1.54, 1.807) is 0 Å². The summed E-state index contributed by atoms with van der Waals surface area (Å²) in [7, 11) is 0. The SMILES string of the molecule is Cc1ncoc1CC(=O)NCCN1CCOCC1. The van der Waals surface area contributed by atoms with Crippen LogP contribution in [0.2, 0.25) is 0 Å². The third-order valence-electron chi connectivity index (χ3n) is 3.02. The van der Waals surface area contributed by atoms with E-state index in [4.69, 9.17) is 9.15 Å². The number of carbonyl (C=O) groups excluding carboxylic acids is 1. The molecule has 0 aliphatic carbocycles. The van der Waals surface area contributed by atoms with E-state index in [1.165, 1.54) is 6.39 Å². The zero-order valence-corrected chi connectivity index (χ0v) is 10.6. The molecule has 18 heavy (non-hydrogen) atoms. The number of oxazole rings is 1. The maximum atomic E-state index is 11.7. The van der Waals surface area contributed by atoms with Crippen LogP contribution in [0.15, 0.2) is 10.8 Å². The van der Waals surface area contributed by atoms with Gasteiger partial charge < -0.3 is 14.5 Å². The van der Waals surface area contributed by atoms with Crippen molar-refractivity contribution in [3.8, 4) is 0 Å². The summed E-state index contributed by atoms with van der Waals surface area (Å²) in [4.78, 5) is 17.9. The first kappa shape index (κ1) is 13.0. The molecule has 1 aliphatic rings. The van der Waals surface area contributed by atoms with Gasteiger partial charge in [0.15, 0.2) is 6.39 Å². The minimum absolute atomic E-state index is 0.0249. The molecule has 1 aromatic rings. The third-order valence-corrected chi connectivity index (χ3v) is 3.02. The molecular formula is C12H19N3O3. The van der Waals surface area contributed by atoms with Gasteiger partial charge >= 0.3 is 0 Å². The number of carbonyl (C=O) groups is 1. The predicted molar refractivity (Wildman–Crippen MR) is 65.2 cm³/mol. The fourth-order valence-electron chi connectivity index (χ4n) is 1.88. The monoisotopic (exact) mass is 253 g/mol. The second-order valence-corrected chi connectivity index (χ2v) is 4.34. The van der Waals surface area contributed by atoms with Crippen molar-refractivity contribution in [2.45, 2.75) is 13.3 Å². The fraction of sp³-hybridized carbons (Fsp3) is 0.667. The summed E-state index contributed by atoms with van der Waals surface area (Å²) >= 11 is 0. The molecule has 2 heterocycles. The number of hydrogen-bond acceptors (Lipinski definition) is 5. The molecule has 6 nitrogen and oxygen atoms in total. The van der Waals surface area contributed by atoms with Gasteiger partial charge in [0, 0.05) is 26.2 Å². The Morgan fingerprint density at radius 3 is 2.94 bits per heavy atom. The maximum Gasteiger partial charge on any atom is 0.227 e. The van der Waals surface area contributed by atoms with Gasteiger partial charge in [0.05, 0.1) is 25.3 Å². The number of aryl methyl sites for hydroxylation is 1. The lowest BCUT2D eigenvalue weighted by atomic mass is 10.2. The number of nitrogens with one attached hydrogen (secondary N) is 1. The molecule has 0 radical (unpaired) electrons. The molecule has 1 saturated heterocycles. The van der Waals surface area contributed by atoms with Crippen LogP contribution in [0.5, 0.6) is 0 Å². The number of aromatic nitrogens is 1. The van der Waals surface area contributed by atoms with E-state index in [0.29, 0.717) is 12.3 Å². The number of ether oxygens (including phenoxy) is 1. The average Bonchev–Trinajstić information content (AvgIpc) is 2.76. The summed E-state index contributed by atoms with van der Waals surface area (Å²) in [5.41, 5.74) is 0.776. The molecule has 0 bridgehead atoms. The Hall–Kier alpha value is -1.40. The van der Waals surface area contributed by atoms with Crippen molar-refractivity contribution >= 4 is 5.91 Å². The predicted octanol–water partition coefficient (Wildman–Crippen LogP) is -0.0261. The smallest absolute Gasteiger partial charge is 0.227 e. The van der Waals surface area contributed by atoms with Gasteiger partial charge in [0.2, 0.25) is 5.91 Å². The highest BCUT2D eigenvalue weighted by Gasteiger charge is 2.12. The highest BCUT2D eigenvalue weighted by molar-refractivity contribution is 5.78. The Morgan fingerprint density at radius 2 is 2.28 bits per heavy atom. The summed E-state index contributed by atoms with van der Waals surface area (Å²) in [6, 6.07) is 0. The van der Waals surface area contributed by atoms with E-state index in [2.05, 4.69) is 15.2 Å². The molecular weight excluding hydrogens is 234 g/mol. The Labute approximate surface area is 106 Å². The second kappa shape index (κ2) is 6.51.